The lowest BCUT2D eigenvalue weighted by Gasteiger charge is -2.34. The van der Waals surface area contributed by atoms with Crippen LogP contribution in [-0.2, 0) is 18.9 Å². The van der Waals surface area contributed by atoms with Gasteiger partial charge in [0, 0.05) is 18.0 Å². The number of rotatable bonds is 3. The molecule has 0 saturated carbocycles. The number of benzene rings is 1. The highest BCUT2D eigenvalue weighted by Crippen LogP contribution is 2.42. The summed E-state index contributed by atoms with van der Waals surface area (Å²) < 4.78 is 3.40. The lowest BCUT2D eigenvalue weighted by molar-refractivity contribution is 0.439. The first-order valence-electron chi connectivity index (χ1n) is 8.71. The van der Waals surface area contributed by atoms with Crippen molar-refractivity contribution in [3.8, 4) is 11.3 Å². The van der Waals surface area contributed by atoms with Crippen LogP contribution in [0.2, 0.25) is 0 Å². The van der Waals surface area contributed by atoms with Crippen molar-refractivity contribution in [2.75, 3.05) is 5.75 Å². The fourth-order valence-electron chi connectivity index (χ4n) is 3.79. The van der Waals surface area contributed by atoms with Crippen LogP contribution in [0.3, 0.4) is 0 Å². The molecule has 1 aromatic carbocycles. The topological polar surface area (TPSA) is 52.2 Å². The summed E-state index contributed by atoms with van der Waals surface area (Å²) in [4.78, 5) is 18.4. The molecule has 1 aliphatic carbocycles. The predicted molar refractivity (Wildman–Crippen MR) is 101 cm³/mol. The van der Waals surface area contributed by atoms with Gasteiger partial charge in [0.15, 0.2) is 5.16 Å². The third kappa shape index (κ3) is 2.27. The zero-order chi connectivity index (χ0) is 17.8. The summed E-state index contributed by atoms with van der Waals surface area (Å²) in [6.07, 6.45) is 1.76. The Morgan fingerprint density at radius 3 is 2.76 bits per heavy atom. The zero-order valence-electron chi connectivity index (χ0n) is 15.0. The summed E-state index contributed by atoms with van der Waals surface area (Å²) in [6.45, 7) is 6.39. The third-order valence-corrected chi connectivity index (χ3v) is 6.10. The molecule has 5 nitrogen and oxygen atoms in total. The molecule has 2 heterocycles. The number of fused-ring (bicyclic) bond motifs is 4. The number of nitrogens with zero attached hydrogens (tertiary/aromatic N) is 4. The van der Waals surface area contributed by atoms with Gasteiger partial charge in [-0.25, -0.2) is 14.1 Å². The van der Waals surface area contributed by atoms with Crippen LogP contribution in [0.15, 0.2) is 34.2 Å². The van der Waals surface area contributed by atoms with Crippen LogP contribution in [0.25, 0.3) is 17.0 Å². The molecule has 0 saturated heterocycles. The van der Waals surface area contributed by atoms with Gasteiger partial charge in [0.2, 0.25) is 5.78 Å². The molecule has 2 aromatic heterocycles. The molecule has 4 rings (SSSR count). The van der Waals surface area contributed by atoms with Crippen molar-refractivity contribution in [3.05, 3.63) is 45.7 Å². The lowest BCUT2D eigenvalue weighted by Crippen LogP contribution is -2.37. The van der Waals surface area contributed by atoms with E-state index in [9.17, 15) is 4.79 Å². The van der Waals surface area contributed by atoms with E-state index in [1.165, 1.54) is 5.56 Å². The van der Waals surface area contributed by atoms with Crippen LogP contribution >= 0.6 is 11.8 Å². The maximum absolute atomic E-state index is 13.5. The summed E-state index contributed by atoms with van der Waals surface area (Å²) in [5.41, 5.74) is 3.82. The maximum Gasteiger partial charge on any atom is 0.265 e. The molecule has 25 heavy (non-hydrogen) atoms. The van der Waals surface area contributed by atoms with Gasteiger partial charge in [0.1, 0.15) is 0 Å². The molecule has 1 unspecified atom stereocenters. The highest BCUT2D eigenvalue weighted by molar-refractivity contribution is 7.99. The van der Waals surface area contributed by atoms with Crippen LogP contribution in [0.5, 0.6) is 0 Å². The summed E-state index contributed by atoms with van der Waals surface area (Å²) in [5.74, 6) is 1.47. The van der Waals surface area contributed by atoms with Gasteiger partial charge in [0.05, 0.1) is 11.3 Å². The Hall–Kier alpha value is -2.08. The van der Waals surface area contributed by atoms with Gasteiger partial charge in [-0.1, -0.05) is 56.8 Å². The summed E-state index contributed by atoms with van der Waals surface area (Å²) in [7, 11) is 1.85. The third-order valence-electron chi connectivity index (χ3n) is 5.29. The quantitative estimate of drug-likeness (QED) is 0.676. The molecule has 0 fully saturated rings. The first kappa shape index (κ1) is 16.4. The van der Waals surface area contributed by atoms with E-state index < -0.39 is 0 Å². The standard InChI is InChI=1S/C19H22N4OS/c1-5-19(3)11-12-9-7-8-10-13(12)15-14(19)16(24)23-17(20-15)22(4)21-18(23)25-6-2/h7-10H,5-6,11H2,1-4H3. The SMILES string of the molecule is CCSc1nn(C)c2nc3c(c(=O)n12)C(C)(CC)Cc1ccccc1-3. The van der Waals surface area contributed by atoms with E-state index in [1.54, 1.807) is 20.8 Å². The molecular formula is C19H22N4OS. The van der Waals surface area contributed by atoms with E-state index in [4.69, 9.17) is 4.98 Å². The van der Waals surface area contributed by atoms with Crippen LogP contribution in [0.1, 0.15) is 38.3 Å². The molecule has 1 atom stereocenters. The van der Waals surface area contributed by atoms with Crippen LogP contribution in [-0.4, -0.2) is 24.9 Å². The van der Waals surface area contributed by atoms with Gasteiger partial charge in [-0.15, -0.1) is 5.10 Å². The molecule has 6 heteroatoms. The Kier molecular flexibility index (Phi) is 3.76. The Labute approximate surface area is 151 Å². The molecule has 0 aliphatic heterocycles. The van der Waals surface area contributed by atoms with Crippen LogP contribution in [0, 0.1) is 0 Å². The predicted octanol–water partition coefficient (Wildman–Crippen LogP) is 3.43. The number of aromatic nitrogens is 4. The first-order valence-corrected chi connectivity index (χ1v) is 9.70. The molecule has 1 aliphatic rings. The van der Waals surface area contributed by atoms with E-state index in [-0.39, 0.29) is 11.0 Å². The molecular weight excluding hydrogens is 332 g/mol. The average molecular weight is 354 g/mol. The van der Waals surface area contributed by atoms with Crippen molar-refractivity contribution >= 4 is 17.5 Å². The summed E-state index contributed by atoms with van der Waals surface area (Å²) >= 11 is 1.57. The van der Waals surface area contributed by atoms with Crippen LogP contribution < -0.4 is 5.56 Å². The Balaban J connectivity index is 2.15. The average Bonchev–Trinajstić information content (AvgIpc) is 2.91. The molecule has 0 spiro atoms. The molecule has 0 amide bonds. The van der Waals surface area contributed by atoms with Crippen molar-refractivity contribution in [2.45, 2.75) is 44.2 Å². The van der Waals surface area contributed by atoms with Crippen molar-refractivity contribution in [1.82, 2.24) is 19.2 Å². The van der Waals surface area contributed by atoms with E-state index in [2.05, 4.69) is 44.1 Å². The van der Waals surface area contributed by atoms with Crippen molar-refractivity contribution < 1.29 is 0 Å². The molecule has 3 aromatic rings. The van der Waals surface area contributed by atoms with Gasteiger partial charge in [-0.3, -0.25) is 4.79 Å². The minimum atomic E-state index is -0.209. The molecule has 0 radical (unpaired) electrons. The minimum absolute atomic E-state index is 0.0305. The van der Waals surface area contributed by atoms with Gasteiger partial charge >= 0.3 is 0 Å². The van der Waals surface area contributed by atoms with Crippen molar-refractivity contribution in [1.29, 1.82) is 0 Å². The monoisotopic (exact) mass is 354 g/mol. The van der Waals surface area contributed by atoms with Crippen molar-refractivity contribution in [2.24, 2.45) is 7.05 Å². The second kappa shape index (κ2) is 5.73. The Morgan fingerprint density at radius 1 is 1.28 bits per heavy atom. The molecule has 0 N–H and O–H groups in total. The van der Waals surface area contributed by atoms with Gasteiger partial charge in [0.25, 0.3) is 5.56 Å². The van der Waals surface area contributed by atoms with Crippen LogP contribution in [0.4, 0.5) is 0 Å². The van der Waals surface area contributed by atoms with Gasteiger partial charge in [-0.2, -0.15) is 0 Å². The first-order chi connectivity index (χ1) is 12.0. The van der Waals surface area contributed by atoms with E-state index in [1.807, 2.05) is 13.1 Å². The van der Waals surface area contributed by atoms with Crippen molar-refractivity contribution in [3.63, 3.8) is 0 Å². The lowest BCUT2D eigenvalue weighted by atomic mass is 9.69. The Bertz CT molecular complexity index is 1040. The normalized spacial score (nSPS) is 19.0. The number of hydrogen-bond donors (Lipinski definition) is 0. The van der Waals surface area contributed by atoms with E-state index >= 15 is 0 Å². The smallest absolute Gasteiger partial charge is 0.265 e. The number of hydrogen-bond acceptors (Lipinski definition) is 4. The fraction of sp³-hybridized carbons (Fsp3) is 0.421. The number of thioether (sulfide) groups is 1. The largest absolute Gasteiger partial charge is 0.268 e. The molecule has 130 valence electrons. The highest BCUT2D eigenvalue weighted by atomic mass is 32.2. The van der Waals surface area contributed by atoms with Gasteiger partial charge < -0.3 is 0 Å². The second-order valence-corrected chi connectivity index (χ2v) is 8.09. The number of aryl methyl sites for hydroxylation is 1. The van der Waals surface area contributed by atoms with Gasteiger partial charge in [-0.05, 0) is 24.2 Å². The minimum Gasteiger partial charge on any atom is -0.268 e. The highest BCUT2D eigenvalue weighted by Gasteiger charge is 2.38. The maximum atomic E-state index is 13.5. The second-order valence-electron chi connectivity index (χ2n) is 6.86. The summed E-state index contributed by atoms with van der Waals surface area (Å²) in [6, 6.07) is 8.30. The van der Waals surface area contributed by atoms with E-state index in [0.717, 1.165) is 40.6 Å². The Morgan fingerprint density at radius 2 is 2.04 bits per heavy atom. The van der Waals surface area contributed by atoms with E-state index in [0.29, 0.717) is 5.78 Å². The fourth-order valence-corrected chi connectivity index (χ4v) is 4.53. The zero-order valence-corrected chi connectivity index (χ0v) is 15.9. The molecule has 0 bridgehead atoms. The summed E-state index contributed by atoms with van der Waals surface area (Å²) in [5, 5.41) is 5.24.